The summed E-state index contributed by atoms with van der Waals surface area (Å²) in [6, 6.07) is 5.93. The van der Waals surface area contributed by atoms with Gasteiger partial charge in [0.05, 0.1) is 16.4 Å². The SMILES string of the molecule is Cc1nc2ccc(C3(C(=O)O)CCCCC3)cc2n1C. The van der Waals surface area contributed by atoms with E-state index < -0.39 is 11.4 Å². The molecule has 0 radical (unpaired) electrons. The first kappa shape index (κ1) is 13.2. The van der Waals surface area contributed by atoms with Crippen LogP contribution >= 0.6 is 0 Å². The number of hydrogen-bond donors (Lipinski definition) is 1. The van der Waals surface area contributed by atoms with Gasteiger partial charge in [-0.3, -0.25) is 4.79 Å². The number of hydrogen-bond acceptors (Lipinski definition) is 2. The molecule has 0 aliphatic heterocycles. The fraction of sp³-hybridized carbons (Fsp3) is 0.500. The van der Waals surface area contributed by atoms with Crippen LogP contribution in [-0.4, -0.2) is 20.6 Å². The average Bonchev–Trinajstić information content (AvgIpc) is 2.74. The summed E-state index contributed by atoms with van der Waals surface area (Å²) in [5, 5.41) is 9.77. The van der Waals surface area contributed by atoms with Crippen LogP contribution in [0.15, 0.2) is 18.2 Å². The summed E-state index contributed by atoms with van der Waals surface area (Å²) >= 11 is 0. The van der Waals surface area contributed by atoms with Gasteiger partial charge in [0.1, 0.15) is 5.82 Å². The van der Waals surface area contributed by atoms with E-state index in [0.29, 0.717) is 0 Å². The van der Waals surface area contributed by atoms with Crippen LogP contribution in [0.5, 0.6) is 0 Å². The Morgan fingerprint density at radius 2 is 2.00 bits per heavy atom. The summed E-state index contributed by atoms with van der Waals surface area (Å²) in [5.41, 5.74) is 2.18. The molecule has 1 N–H and O–H groups in total. The van der Waals surface area contributed by atoms with Gasteiger partial charge in [-0.25, -0.2) is 4.98 Å². The highest BCUT2D eigenvalue weighted by atomic mass is 16.4. The Labute approximate surface area is 118 Å². The van der Waals surface area contributed by atoms with Gasteiger partial charge < -0.3 is 9.67 Å². The van der Waals surface area contributed by atoms with E-state index in [1.165, 1.54) is 0 Å². The molecular formula is C16H20N2O2. The number of aromatic nitrogens is 2. The predicted octanol–water partition coefficient (Wildman–Crippen LogP) is 3.17. The van der Waals surface area contributed by atoms with Gasteiger partial charge in [-0.2, -0.15) is 0 Å². The fourth-order valence-electron chi connectivity index (χ4n) is 3.39. The molecule has 0 bridgehead atoms. The Morgan fingerprint density at radius 1 is 1.30 bits per heavy atom. The molecule has 1 saturated carbocycles. The number of nitrogens with zero attached hydrogens (tertiary/aromatic N) is 2. The van der Waals surface area contributed by atoms with Gasteiger partial charge in [-0.05, 0) is 37.5 Å². The average molecular weight is 272 g/mol. The number of aryl methyl sites for hydroxylation is 2. The largest absolute Gasteiger partial charge is 0.481 e. The lowest BCUT2D eigenvalue weighted by Gasteiger charge is -2.33. The number of rotatable bonds is 2. The van der Waals surface area contributed by atoms with E-state index in [2.05, 4.69) is 4.98 Å². The van der Waals surface area contributed by atoms with Crippen molar-refractivity contribution in [2.45, 2.75) is 44.4 Å². The van der Waals surface area contributed by atoms with Crippen molar-refractivity contribution in [3.8, 4) is 0 Å². The minimum absolute atomic E-state index is 0.685. The second-order valence-corrected chi connectivity index (χ2v) is 5.87. The zero-order chi connectivity index (χ0) is 14.3. The van der Waals surface area contributed by atoms with Crippen LogP contribution in [-0.2, 0) is 17.3 Å². The third-order valence-electron chi connectivity index (χ3n) is 4.77. The minimum atomic E-state index is -0.704. The van der Waals surface area contributed by atoms with Gasteiger partial charge in [-0.1, -0.05) is 25.3 Å². The molecular weight excluding hydrogens is 252 g/mol. The van der Waals surface area contributed by atoms with Crippen molar-refractivity contribution in [2.75, 3.05) is 0 Å². The van der Waals surface area contributed by atoms with E-state index in [9.17, 15) is 9.90 Å². The molecule has 0 unspecified atom stereocenters. The predicted molar refractivity (Wildman–Crippen MR) is 77.8 cm³/mol. The maximum Gasteiger partial charge on any atom is 0.314 e. The summed E-state index contributed by atoms with van der Waals surface area (Å²) in [6.45, 7) is 1.97. The number of aliphatic carboxylic acids is 1. The van der Waals surface area contributed by atoms with Crippen LogP contribution in [0.3, 0.4) is 0 Å². The molecule has 2 aromatic rings. The molecule has 0 saturated heterocycles. The molecule has 1 aromatic carbocycles. The fourth-order valence-corrected chi connectivity index (χ4v) is 3.39. The Kier molecular flexibility index (Phi) is 3.04. The van der Waals surface area contributed by atoms with Gasteiger partial charge in [0.2, 0.25) is 0 Å². The third kappa shape index (κ3) is 1.82. The minimum Gasteiger partial charge on any atom is -0.481 e. The number of carbonyl (C=O) groups is 1. The topological polar surface area (TPSA) is 55.1 Å². The van der Waals surface area contributed by atoms with E-state index in [0.717, 1.165) is 54.5 Å². The van der Waals surface area contributed by atoms with Gasteiger partial charge in [0, 0.05) is 7.05 Å². The number of fused-ring (bicyclic) bond motifs is 1. The number of imidazole rings is 1. The summed E-state index contributed by atoms with van der Waals surface area (Å²) in [6.07, 6.45) is 4.61. The second-order valence-electron chi connectivity index (χ2n) is 5.87. The van der Waals surface area contributed by atoms with Crippen LogP contribution < -0.4 is 0 Å². The molecule has 1 aromatic heterocycles. The van der Waals surface area contributed by atoms with Crippen molar-refractivity contribution in [3.63, 3.8) is 0 Å². The van der Waals surface area contributed by atoms with Crippen molar-refractivity contribution >= 4 is 17.0 Å². The maximum atomic E-state index is 11.9. The lowest BCUT2D eigenvalue weighted by molar-refractivity contribution is -0.145. The van der Waals surface area contributed by atoms with Crippen molar-refractivity contribution in [3.05, 3.63) is 29.6 Å². The summed E-state index contributed by atoms with van der Waals surface area (Å²) in [4.78, 5) is 16.4. The molecule has 4 nitrogen and oxygen atoms in total. The van der Waals surface area contributed by atoms with Crippen molar-refractivity contribution in [2.24, 2.45) is 7.05 Å². The van der Waals surface area contributed by atoms with E-state index in [1.807, 2.05) is 36.7 Å². The Hall–Kier alpha value is -1.84. The smallest absolute Gasteiger partial charge is 0.314 e. The Balaban J connectivity index is 2.16. The molecule has 0 amide bonds. The molecule has 0 atom stereocenters. The van der Waals surface area contributed by atoms with E-state index in [1.54, 1.807) is 0 Å². The van der Waals surface area contributed by atoms with Crippen LogP contribution in [0.1, 0.15) is 43.5 Å². The lowest BCUT2D eigenvalue weighted by atomic mass is 9.69. The summed E-state index contributed by atoms with van der Waals surface area (Å²) in [7, 11) is 1.97. The molecule has 0 spiro atoms. The number of benzene rings is 1. The van der Waals surface area contributed by atoms with Gasteiger partial charge in [0.15, 0.2) is 0 Å². The first-order chi connectivity index (χ1) is 9.54. The monoisotopic (exact) mass is 272 g/mol. The zero-order valence-electron chi connectivity index (χ0n) is 12.0. The normalized spacial score (nSPS) is 18.3. The highest BCUT2D eigenvalue weighted by Gasteiger charge is 2.41. The van der Waals surface area contributed by atoms with Gasteiger partial charge in [-0.15, -0.1) is 0 Å². The van der Waals surface area contributed by atoms with Crippen LogP contribution in [0.25, 0.3) is 11.0 Å². The summed E-state index contributed by atoms with van der Waals surface area (Å²) in [5.74, 6) is 0.264. The van der Waals surface area contributed by atoms with Crippen LogP contribution in [0.2, 0.25) is 0 Å². The van der Waals surface area contributed by atoms with Gasteiger partial charge in [0.25, 0.3) is 0 Å². The van der Waals surface area contributed by atoms with Crippen LogP contribution in [0.4, 0.5) is 0 Å². The highest BCUT2D eigenvalue weighted by molar-refractivity contribution is 5.85. The molecule has 1 fully saturated rings. The number of carboxylic acid groups (broad SMARTS) is 1. The molecule has 1 aliphatic rings. The molecule has 1 heterocycles. The molecule has 3 rings (SSSR count). The van der Waals surface area contributed by atoms with E-state index in [-0.39, 0.29) is 0 Å². The van der Waals surface area contributed by atoms with Crippen molar-refractivity contribution < 1.29 is 9.90 Å². The molecule has 1 aliphatic carbocycles. The first-order valence-corrected chi connectivity index (χ1v) is 7.21. The first-order valence-electron chi connectivity index (χ1n) is 7.21. The molecule has 4 heteroatoms. The Bertz CT molecular complexity index is 666. The van der Waals surface area contributed by atoms with E-state index >= 15 is 0 Å². The second kappa shape index (κ2) is 4.62. The molecule has 20 heavy (non-hydrogen) atoms. The maximum absolute atomic E-state index is 11.9. The van der Waals surface area contributed by atoms with Crippen molar-refractivity contribution in [1.29, 1.82) is 0 Å². The standard InChI is InChI=1S/C16H20N2O2/c1-11-17-13-7-6-12(10-14(13)18(11)2)16(15(19)20)8-4-3-5-9-16/h6-7,10H,3-5,8-9H2,1-2H3,(H,19,20). The lowest BCUT2D eigenvalue weighted by Crippen LogP contribution is -2.37. The number of carboxylic acids is 1. The summed E-state index contributed by atoms with van der Waals surface area (Å²) < 4.78 is 2.03. The van der Waals surface area contributed by atoms with Crippen molar-refractivity contribution in [1.82, 2.24) is 9.55 Å². The zero-order valence-corrected chi connectivity index (χ0v) is 12.0. The molecule has 106 valence electrons. The third-order valence-corrected chi connectivity index (χ3v) is 4.77. The Morgan fingerprint density at radius 3 is 2.65 bits per heavy atom. The van der Waals surface area contributed by atoms with Crippen LogP contribution in [0, 0.1) is 6.92 Å². The van der Waals surface area contributed by atoms with Gasteiger partial charge >= 0.3 is 5.97 Å². The quantitative estimate of drug-likeness (QED) is 0.913. The van der Waals surface area contributed by atoms with E-state index in [4.69, 9.17) is 0 Å². The highest BCUT2D eigenvalue weighted by Crippen LogP contribution is 2.40.